The van der Waals surface area contributed by atoms with E-state index in [1.165, 1.54) is 0 Å². The molecule has 3 unspecified atom stereocenters. The van der Waals surface area contributed by atoms with Crippen LogP contribution in [-0.4, -0.2) is 24.7 Å². The predicted molar refractivity (Wildman–Crippen MR) is 65.2 cm³/mol. The Bertz CT molecular complexity index is 242. The fraction of sp³-hybridized carbons (Fsp3) is 0.923. The van der Waals surface area contributed by atoms with E-state index < -0.39 is 5.54 Å². The Morgan fingerprint density at radius 1 is 1.38 bits per heavy atom. The minimum atomic E-state index is -0.420. The summed E-state index contributed by atoms with van der Waals surface area (Å²) >= 11 is 0. The second-order valence-corrected chi connectivity index (χ2v) is 5.03. The van der Waals surface area contributed by atoms with Gasteiger partial charge in [-0.3, -0.25) is 4.79 Å². The Morgan fingerprint density at radius 2 is 2.06 bits per heavy atom. The van der Waals surface area contributed by atoms with Crippen molar-refractivity contribution in [3.63, 3.8) is 0 Å². The first-order chi connectivity index (χ1) is 7.55. The van der Waals surface area contributed by atoms with Crippen LogP contribution in [0.1, 0.15) is 47.0 Å². The van der Waals surface area contributed by atoms with E-state index in [0.717, 1.165) is 25.8 Å². The molecule has 0 bridgehead atoms. The molecule has 0 spiro atoms. The third-order valence-corrected chi connectivity index (χ3v) is 3.85. The molecular formula is C13H25NO2. The molecule has 1 aliphatic carbocycles. The zero-order valence-electron chi connectivity index (χ0n) is 11.0. The molecule has 0 aliphatic heterocycles. The lowest BCUT2D eigenvalue weighted by atomic mass is 9.71. The zero-order chi connectivity index (χ0) is 12.2. The first-order valence-electron chi connectivity index (χ1n) is 6.48. The second kappa shape index (κ2) is 5.67. The van der Waals surface area contributed by atoms with Crippen LogP contribution in [0.15, 0.2) is 0 Å². The number of carbonyl (C=O) groups excluding carboxylic acids is 1. The standard InChI is InChI=1S/C13H25NO2/c1-5-14-13(12(15)16-6-2)8-7-10(3)11(4)9-13/h10-11,14H,5-9H2,1-4H3. The molecule has 0 heterocycles. The highest BCUT2D eigenvalue weighted by Gasteiger charge is 2.44. The van der Waals surface area contributed by atoms with E-state index >= 15 is 0 Å². The van der Waals surface area contributed by atoms with Crippen molar-refractivity contribution in [1.29, 1.82) is 0 Å². The highest BCUT2D eigenvalue weighted by molar-refractivity contribution is 5.81. The van der Waals surface area contributed by atoms with Crippen LogP contribution < -0.4 is 5.32 Å². The molecular weight excluding hydrogens is 202 g/mol. The van der Waals surface area contributed by atoms with Gasteiger partial charge in [0.1, 0.15) is 5.54 Å². The van der Waals surface area contributed by atoms with E-state index in [9.17, 15) is 4.79 Å². The summed E-state index contributed by atoms with van der Waals surface area (Å²) in [6, 6.07) is 0. The summed E-state index contributed by atoms with van der Waals surface area (Å²) < 4.78 is 5.22. The minimum absolute atomic E-state index is 0.0596. The van der Waals surface area contributed by atoms with Gasteiger partial charge < -0.3 is 10.1 Å². The first-order valence-corrected chi connectivity index (χ1v) is 6.48. The van der Waals surface area contributed by atoms with Crippen molar-refractivity contribution in [3.8, 4) is 0 Å². The van der Waals surface area contributed by atoms with Crippen molar-refractivity contribution in [3.05, 3.63) is 0 Å². The molecule has 1 aliphatic rings. The number of ether oxygens (including phenoxy) is 1. The van der Waals surface area contributed by atoms with Gasteiger partial charge in [-0.1, -0.05) is 20.8 Å². The van der Waals surface area contributed by atoms with Gasteiger partial charge in [0.2, 0.25) is 0 Å². The first kappa shape index (κ1) is 13.5. The molecule has 0 aromatic carbocycles. The number of hydrogen-bond donors (Lipinski definition) is 1. The summed E-state index contributed by atoms with van der Waals surface area (Å²) in [6.45, 7) is 9.70. The number of carbonyl (C=O) groups is 1. The number of rotatable bonds is 4. The van der Waals surface area contributed by atoms with Gasteiger partial charge in [-0.25, -0.2) is 0 Å². The minimum Gasteiger partial charge on any atom is -0.465 e. The summed E-state index contributed by atoms with van der Waals surface area (Å²) in [4.78, 5) is 12.1. The van der Waals surface area contributed by atoms with Crippen molar-refractivity contribution in [2.24, 2.45) is 11.8 Å². The van der Waals surface area contributed by atoms with Gasteiger partial charge in [-0.15, -0.1) is 0 Å². The topological polar surface area (TPSA) is 38.3 Å². The van der Waals surface area contributed by atoms with Gasteiger partial charge in [-0.05, 0) is 44.6 Å². The molecule has 0 aromatic rings. The molecule has 3 heteroatoms. The highest BCUT2D eigenvalue weighted by atomic mass is 16.5. The Balaban J connectivity index is 2.76. The molecule has 3 nitrogen and oxygen atoms in total. The Labute approximate surface area is 98.9 Å². The van der Waals surface area contributed by atoms with Gasteiger partial charge in [0.05, 0.1) is 6.61 Å². The smallest absolute Gasteiger partial charge is 0.326 e. The van der Waals surface area contributed by atoms with E-state index in [2.05, 4.69) is 19.2 Å². The SMILES string of the molecule is CCNC1(C(=O)OCC)CCC(C)C(C)C1. The summed E-state index contributed by atoms with van der Waals surface area (Å²) in [5.41, 5.74) is -0.420. The molecule has 94 valence electrons. The highest BCUT2D eigenvalue weighted by Crippen LogP contribution is 2.36. The fourth-order valence-electron chi connectivity index (χ4n) is 2.64. The molecule has 0 saturated heterocycles. The van der Waals surface area contributed by atoms with Gasteiger partial charge in [0, 0.05) is 0 Å². The summed E-state index contributed by atoms with van der Waals surface area (Å²) in [5, 5.41) is 3.36. The van der Waals surface area contributed by atoms with E-state index in [-0.39, 0.29) is 5.97 Å². The van der Waals surface area contributed by atoms with Crippen LogP contribution in [0.3, 0.4) is 0 Å². The van der Waals surface area contributed by atoms with Crippen molar-refractivity contribution < 1.29 is 9.53 Å². The fourth-order valence-corrected chi connectivity index (χ4v) is 2.64. The van der Waals surface area contributed by atoms with Gasteiger partial charge >= 0.3 is 5.97 Å². The Morgan fingerprint density at radius 3 is 2.56 bits per heavy atom. The Kier molecular flexibility index (Phi) is 4.78. The lowest BCUT2D eigenvalue weighted by Gasteiger charge is -2.41. The molecule has 3 atom stereocenters. The number of likely N-dealkylation sites (N-methyl/N-ethyl adjacent to an activating group) is 1. The predicted octanol–water partition coefficient (Wildman–Crippen LogP) is 2.35. The maximum absolute atomic E-state index is 12.1. The maximum atomic E-state index is 12.1. The lowest BCUT2D eigenvalue weighted by Crippen LogP contribution is -2.56. The maximum Gasteiger partial charge on any atom is 0.326 e. The van der Waals surface area contributed by atoms with E-state index in [1.807, 2.05) is 13.8 Å². The average molecular weight is 227 g/mol. The van der Waals surface area contributed by atoms with Crippen molar-refractivity contribution >= 4 is 5.97 Å². The monoisotopic (exact) mass is 227 g/mol. The molecule has 1 saturated carbocycles. The van der Waals surface area contributed by atoms with Crippen molar-refractivity contribution in [2.75, 3.05) is 13.2 Å². The molecule has 0 amide bonds. The van der Waals surface area contributed by atoms with E-state index in [0.29, 0.717) is 18.4 Å². The molecule has 1 rings (SSSR count). The third-order valence-electron chi connectivity index (χ3n) is 3.85. The molecule has 0 aromatic heterocycles. The summed E-state index contributed by atoms with van der Waals surface area (Å²) in [6.07, 6.45) is 2.92. The van der Waals surface area contributed by atoms with Crippen molar-refractivity contribution in [2.45, 2.75) is 52.5 Å². The lowest BCUT2D eigenvalue weighted by molar-refractivity contribution is -0.154. The van der Waals surface area contributed by atoms with E-state index in [4.69, 9.17) is 4.74 Å². The van der Waals surface area contributed by atoms with Crippen LogP contribution in [0.4, 0.5) is 0 Å². The largest absolute Gasteiger partial charge is 0.465 e. The number of nitrogens with one attached hydrogen (secondary N) is 1. The van der Waals surface area contributed by atoms with Crippen molar-refractivity contribution in [1.82, 2.24) is 5.32 Å². The molecule has 1 fully saturated rings. The number of hydrogen-bond acceptors (Lipinski definition) is 3. The normalized spacial score (nSPS) is 34.8. The second-order valence-electron chi connectivity index (χ2n) is 5.03. The quantitative estimate of drug-likeness (QED) is 0.749. The third kappa shape index (κ3) is 2.76. The average Bonchev–Trinajstić information content (AvgIpc) is 2.24. The molecule has 0 radical (unpaired) electrons. The summed E-state index contributed by atoms with van der Waals surface area (Å²) in [7, 11) is 0. The van der Waals surface area contributed by atoms with Crippen LogP contribution in [0, 0.1) is 11.8 Å². The van der Waals surface area contributed by atoms with Crippen LogP contribution in [0.5, 0.6) is 0 Å². The van der Waals surface area contributed by atoms with Crippen LogP contribution in [0.2, 0.25) is 0 Å². The zero-order valence-corrected chi connectivity index (χ0v) is 11.0. The van der Waals surface area contributed by atoms with Crippen LogP contribution in [0.25, 0.3) is 0 Å². The molecule has 16 heavy (non-hydrogen) atoms. The van der Waals surface area contributed by atoms with Crippen LogP contribution >= 0.6 is 0 Å². The van der Waals surface area contributed by atoms with Gasteiger partial charge in [0.15, 0.2) is 0 Å². The van der Waals surface area contributed by atoms with Gasteiger partial charge in [0.25, 0.3) is 0 Å². The summed E-state index contributed by atoms with van der Waals surface area (Å²) in [5.74, 6) is 1.23. The Hall–Kier alpha value is -0.570. The van der Waals surface area contributed by atoms with Gasteiger partial charge in [-0.2, -0.15) is 0 Å². The number of esters is 1. The van der Waals surface area contributed by atoms with Crippen LogP contribution in [-0.2, 0) is 9.53 Å². The molecule has 1 N–H and O–H groups in total. The van der Waals surface area contributed by atoms with E-state index in [1.54, 1.807) is 0 Å².